The van der Waals surface area contributed by atoms with E-state index in [1.54, 1.807) is 24.3 Å². The Labute approximate surface area is 129 Å². The Balaban J connectivity index is 2.27. The molecular formula is C16H22BrClO. The average Bonchev–Trinajstić information content (AvgIpc) is 2.42. The second kappa shape index (κ2) is 9.55. The number of alkyl halides is 1. The molecule has 1 unspecified atom stereocenters. The maximum Gasteiger partial charge on any atom is 0.176 e. The van der Waals surface area contributed by atoms with Crippen molar-refractivity contribution in [2.75, 3.05) is 0 Å². The van der Waals surface area contributed by atoms with Gasteiger partial charge in [-0.2, -0.15) is 0 Å². The number of hydrogen-bond donors (Lipinski definition) is 0. The molecule has 0 saturated carbocycles. The normalized spacial score (nSPS) is 12.4. The molecule has 3 heteroatoms. The summed E-state index contributed by atoms with van der Waals surface area (Å²) in [4.78, 5) is 12.1. The number of unbranched alkanes of at least 4 members (excludes halogenated alkanes) is 5. The second-order valence-electron chi connectivity index (χ2n) is 4.90. The van der Waals surface area contributed by atoms with Gasteiger partial charge < -0.3 is 0 Å². The van der Waals surface area contributed by atoms with E-state index in [9.17, 15) is 4.79 Å². The van der Waals surface area contributed by atoms with Crippen molar-refractivity contribution in [3.05, 3.63) is 34.9 Å². The van der Waals surface area contributed by atoms with E-state index in [4.69, 9.17) is 11.6 Å². The number of benzene rings is 1. The number of ketones is 1. The molecule has 1 rings (SSSR count). The van der Waals surface area contributed by atoms with E-state index in [-0.39, 0.29) is 10.6 Å². The standard InChI is InChI=1S/C16H22BrClO/c1-2-3-4-5-6-7-8-15(17)16(19)13-9-11-14(18)12-10-13/h9-12,15H,2-8H2,1H3. The SMILES string of the molecule is CCCCCCCCC(Br)C(=O)c1ccc(Cl)cc1. The molecular weight excluding hydrogens is 324 g/mol. The van der Waals surface area contributed by atoms with Crippen LogP contribution >= 0.6 is 27.5 Å². The van der Waals surface area contributed by atoms with Crippen LogP contribution in [0.15, 0.2) is 24.3 Å². The van der Waals surface area contributed by atoms with Gasteiger partial charge in [0.2, 0.25) is 0 Å². The fourth-order valence-corrected chi connectivity index (χ4v) is 2.74. The van der Waals surface area contributed by atoms with Crippen LogP contribution in [0.5, 0.6) is 0 Å². The lowest BCUT2D eigenvalue weighted by molar-refractivity contribution is 0.0988. The molecule has 0 amide bonds. The summed E-state index contributed by atoms with van der Waals surface area (Å²) >= 11 is 9.32. The fourth-order valence-electron chi connectivity index (χ4n) is 2.03. The third kappa shape index (κ3) is 6.58. The van der Waals surface area contributed by atoms with E-state index in [0.29, 0.717) is 5.02 Å². The number of Topliss-reactive ketones (excluding diaryl/α,β-unsaturated/α-hetero) is 1. The van der Waals surface area contributed by atoms with Crippen LogP contribution in [0.2, 0.25) is 5.02 Å². The van der Waals surface area contributed by atoms with Crippen LogP contribution < -0.4 is 0 Å². The van der Waals surface area contributed by atoms with Gasteiger partial charge >= 0.3 is 0 Å². The molecule has 0 fully saturated rings. The van der Waals surface area contributed by atoms with E-state index in [2.05, 4.69) is 22.9 Å². The highest BCUT2D eigenvalue weighted by molar-refractivity contribution is 9.10. The monoisotopic (exact) mass is 344 g/mol. The first kappa shape index (κ1) is 16.7. The van der Waals surface area contributed by atoms with Crippen LogP contribution in [0.1, 0.15) is 62.2 Å². The highest BCUT2D eigenvalue weighted by Crippen LogP contribution is 2.19. The van der Waals surface area contributed by atoms with Crippen molar-refractivity contribution in [2.24, 2.45) is 0 Å². The molecule has 0 N–H and O–H groups in total. The van der Waals surface area contributed by atoms with Gasteiger partial charge in [0, 0.05) is 10.6 Å². The summed E-state index contributed by atoms with van der Waals surface area (Å²) in [6.45, 7) is 2.22. The van der Waals surface area contributed by atoms with E-state index in [0.717, 1.165) is 18.4 Å². The molecule has 0 spiro atoms. The molecule has 1 nitrogen and oxygen atoms in total. The summed E-state index contributed by atoms with van der Waals surface area (Å²) in [7, 11) is 0. The highest BCUT2D eigenvalue weighted by Gasteiger charge is 2.16. The molecule has 0 aliphatic heterocycles. The summed E-state index contributed by atoms with van der Waals surface area (Å²) in [5.74, 6) is 0.158. The number of carbonyl (C=O) groups is 1. The summed E-state index contributed by atoms with van der Waals surface area (Å²) in [5, 5.41) is 0.665. The lowest BCUT2D eigenvalue weighted by atomic mass is 10.0. The minimum atomic E-state index is -0.0696. The number of carbonyl (C=O) groups excluding carboxylic acids is 1. The predicted molar refractivity (Wildman–Crippen MR) is 86.5 cm³/mol. The zero-order valence-corrected chi connectivity index (χ0v) is 13.8. The van der Waals surface area contributed by atoms with Crippen molar-refractivity contribution in [2.45, 2.75) is 56.7 Å². The maximum atomic E-state index is 12.1. The van der Waals surface area contributed by atoms with E-state index in [1.807, 2.05) is 0 Å². The van der Waals surface area contributed by atoms with Gasteiger partial charge in [0.1, 0.15) is 0 Å². The molecule has 0 saturated heterocycles. The van der Waals surface area contributed by atoms with Crippen LogP contribution in [0.25, 0.3) is 0 Å². The van der Waals surface area contributed by atoms with Crippen molar-refractivity contribution in [3.63, 3.8) is 0 Å². The molecule has 0 heterocycles. The van der Waals surface area contributed by atoms with Crippen LogP contribution in [0, 0.1) is 0 Å². The first-order chi connectivity index (χ1) is 9.15. The van der Waals surface area contributed by atoms with Crippen molar-refractivity contribution >= 4 is 33.3 Å². The lowest BCUT2D eigenvalue weighted by Crippen LogP contribution is -2.13. The Bertz CT molecular complexity index is 375. The summed E-state index contributed by atoms with van der Waals surface area (Å²) in [6.07, 6.45) is 8.43. The van der Waals surface area contributed by atoms with Gasteiger partial charge in [-0.15, -0.1) is 0 Å². The molecule has 1 atom stereocenters. The van der Waals surface area contributed by atoms with Crippen molar-refractivity contribution in [3.8, 4) is 0 Å². The quantitative estimate of drug-likeness (QED) is 0.303. The molecule has 106 valence electrons. The van der Waals surface area contributed by atoms with E-state index >= 15 is 0 Å². The third-order valence-corrected chi connectivity index (χ3v) is 4.35. The van der Waals surface area contributed by atoms with Crippen LogP contribution in [0.3, 0.4) is 0 Å². The Kier molecular flexibility index (Phi) is 8.40. The molecule has 0 radical (unpaired) electrons. The van der Waals surface area contributed by atoms with Crippen molar-refractivity contribution < 1.29 is 4.79 Å². The Morgan fingerprint density at radius 3 is 2.32 bits per heavy atom. The third-order valence-electron chi connectivity index (χ3n) is 3.22. The Hall–Kier alpha value is -0.340. The van der Waals surface area contributed by atoms with Gasteiger partial charge in [0.15, 0.2) is 5.78 Å². The largest absolute Gasteiger partial charge is 0.293 e. The Morgan fingerprint density at radius 2 is 1.68 bits per heavy atom. The smallest absolute Gasteiger partial charge is 0.176 e. The van der Waals surface area contributed by atoms with Gasteiger partial charge in [-0.05, 0) is 30.7 Å². The van der Waals surface area contributed by atoms with Crippen LogP contribution in [-0.4, -0.2) is 10.6 Å². The van der Waals surface area contributed by atoms with Crippen LogP contribution in [0.4, 0.5) is 0 Å². The summed E-state index contributed by atoms with van der Waals surface area (Å²) in [5.41, 5.74) is 0.734. The topological polar surface area (TPSA) is 17.1 Å². The van der Waals surface area contributed by atoms with Gasteiger partial charge in [-0.3, -0.25) is 4.79 Å². The average molecular weight is 346 g/mol. The minimum absolute atomic E-state index is 0.0696. The predicted octanol–water partition coefficient (Wildman–Crippen LogP) is 6.04. The first-order valence-corrected chi connectivity index (χ1v) is 8.38. The minimum Gasteiger partial charge on any atom is -0.293 e. The highest BCUT2D eigenvalue weighted by atomic mass is 79.9. The first-order valence-electron chi connectivity index (χ1n) is 7.09. The number of rotatable bonds is 9. The molecule has 1 aromatic carbocycles. The van der Waals surface area contributed by atoms with Gasteiger partial charge in [0.05, 0.1) is 4.83 Å². The summed E-state index contributed by atoms with van der Waals surface area (Å²) < 4.78 is 0. The van der Waals surface area contributed by atoms with Crippen molar-refractivity contribution in [1.82, 2.24) is 0 Å². The summed E-state index contributed by atoms with van der Waals surface area (Å²) in [6, 6.07) is 7.11. The number of hydrogen-bond acceptors (Lipinski definition) is 1. The van der Waals surface area contributed by atoms with Gasteiger partial charge in [0.25, 0.3) is 0 Å². The zero-order chi connectivity index (χ0) is 14.1. The number of halogens is 2. The van der Waals surface area contributed by atoms with E-state index < -0.39 is 0 Å². The van der Waals surface area contributed by atoms with Crippen molar-refractivity contribution in [1.29, 1.82) is 0 Å². The molecule has 19 heavy (non-hydrogen) atoms. The Morgan fingerprint density at radius 1 is 1.11 bits per heavy atom. The molecule has 0 aromatic heterocycles. The molecule has 0 aliphatic rings. The second-order valence-corrected chi connectivity index (χ2v) is 6.44. The van der Waals surface area contributed by atoms with Crippen LogP contribution in [-0.2, 0) is 0 Å². The molecule has 0 bridgehead atoms. The molecule has 1 aromatic rings. The lowest BCUT2D eigenvalue weighted by Gasteiger charge is -2.09. The van der Waals surface area contributed by atoms with E-state index in [1.165, 1.54) is 32.1 Å². The van der Waals surface area contributed by atoms with Gasteiger partial charge in [-0.1, -0.05) is 73.0 Å². The fraction of sp³-hybridized carbons (Fsp3) is 0.562. The van der Waals surface area contributed by atoms with Gasteiger partial charge in [-0.25, -0.2) is 0 Å². The maximum absolute atomic E-state index is 12.1. The zero-order valence-electron chi connectivity index (χ0n) is 11.5. The molecule has 0 aliphatic carbocycles.